The van der Waals surface area contributed by atoms with Gasteiger partial charge in [0.15, 0.2) is 0 Å². The number of amides is 1. The number of carbonyl (C=O) groups is 2. The average Bonchev–Trinajstić information content (AvgIpc) is 2.85. The molecule has 2 N–H and O–H groups in total. The third-order valence-electron chi connectivity index (χ3n) is 3.57. The van der Waals surface area contributed by atoms with Gasteiger partial charge in [-0.2, -0.15) is 0 Å². The van der Waals surface area contributed by atoms with Gasteiger partial charge in [0.1, 0.15) is 0 Å². The number of carbonyl (C=O) groups excluding carboxylic acids is 1. The molecule has 0 aromatic carbocycles. The molecule has 0 aliphatic carbocycles. The van der Waals surface area contributed by atoms with Crippen molar-refractivity contribution in [2.45, 2.75) is 58.5 Å². The summed E-state index contributed by atoms with van der Waals surface area (Å²) in [6, 6.07) is 0. The van der Waals surface area contributed by atoms with E-state index in [0.717, 1.165) is 32.3 Å². The first-order valence-corrected chi connectivity index (χ1v) is 7.57. The van der Waals surface area contributed by atoms with E-state index < -0.39 is 5.97 Å². The largest absolute Gasteiger partial charge is 0.481 e. The van der Waals surface area contributed by atoms with Crippen LogP contribution in [0.5, 0.6) is 0 Å². The lowest BCUT2D eigenvalue weighted by Gasteiger charge is -2.18. The Morgan fingerprint density at radius 3 is 2.70 bits per heavy atom. The van der Waals surface area contributed by atoms with Crippen LogP contribution in [0.25, 0.3) is 0 Å². The summed E-state index contributed by atoms with van der Waals surface area (Å²) in [5.74, 6) is -0.355. The van der Waals surface area contributed by atoms with E-state index in [1.165, 1.54) is 0 Å². The van der Waals surface area contributed by atoms with E-state index in [-0.39, 0.29) is 24.3 Å². The second kappa shape index (κ2) is 8.95. The fourth-order valence-electron chi connectivity index (χ4n) is 2.66. The minimum atomic E-state index is -0.802. The Labute approximate surface area is 121 Å². The van der Waals surface area contributed by atoms with Crippen molar-refractivity contribution < 1.29 is 19.4 Å². The zero-order chi connectivity index (χ0) is 15.0. The molecular weight excluding hydrogens is 258 g/mol. The highest BCUT2D eigenvalue weighted by molar-refractivity contribution is 5.76. The van der Waals surface area contributed by atoms with Gasteiger partial charge in [-0.15, -0.1) is 0 Å². The smallest absolute Gasteiger partial charge is 0.303 e. The highest BCUT2D eigenvalue weighted by Crippen LogP contribution is 2.17. The van der Waals surface area contributed by atoms with Crippen LogP contribution in [-0.2, 0) is 14.3 Å². The molecule has 1 fully saturated rings. The second-order valence-electron chi connectivity index (χ2n) is 6.07. The first kappa shape index (κ1) is 17.0. The lowest BCUT2D eigenvalue weighted by molar-refractivity contribution is -0.138. The molecule has 0 aromatic rings. The van der Waals surface area contributed by atoms with Gasteiger partial charge in [-0.05, 0) is 37.5 Å². The third kappa shape index (κ3) is 7.48. The topological polar surface area (TPSA) is 75.6 Å². The van der Waals surface area contributed by atoms with Crippen molar-refractivity contribution in [3.63, 3.8) is 0 Å². The van der Waals surface area contributed by atoms with E-state index in [1.54, 1.807) is 0 Å². The van der Waals surface area contributed by atoms with Crippen molar-refractivity contribution in [3.05, 3.63) is 0 Å². The molecule has 0 bridgehead atoms. The second-order valence-corrected chi connectivity index (χ2v) is 6.07. The number of hydrogen-bond donors (Lipinski definition) is 2. The van der Waals surface area contributed by atoms with Crippen molar-refractivity contribution in [1.82, 2.24) is 5.32 Å². The summed E-state index contributed by atoms with van der Waals surface area (Å²) in [5.41, 5.74) is 0. The Morgan fingerprint density at radius 2 is 2.15 bits per heavy atom. The van der Waals surface area contributed by atoms with Gasteiger partial charge >= 0.3 is 5.97 Å². The Bertz CT molecular complexity index is 311. The maximum Gasteiger partial charge on any atom is 0.303 e. The minimum absolute atomic E-state index is 0.000329. The van der Waals surface area contributed by atoms with E-state index in [1.807, 2.05) is 0 Å². The molecule has 1 saturated heterocycles. The zero-order valence-electron chi connectivity index (χ0n) is 12.6. The maximum absolute atomic E-state index is 11.8. The summed E-state index contributed by atoms with van der Waals surface area (Å²) >= 11 is 0. The maximum atomic E-state index is 11.8. The van der Waals surface area contributed by atoms with Crippen LogP contribution in [0.15, 0.2) is 0 Å². The molecule has 0 spiro atoms. The number of nitrogens with one attached hydrogen (secondary N) is 1. The summed E-state index contributed by atoms with van der Waals surface area (Å²) in [7, 11) is 0. The van der Waals surface area contributed by atoms with Crippen LogP contribution in [0.4, 0.5) is 0 Å². The van der Waals surface area contributed by atoms with Gasteiger partial charge in [0.25, 0.3) is 0 Å². The summed E-state index contributed by atoms with van der Waals surface area (Å²) in [5, 5.41) is 11.7. The predicted octanol–water partition coefficient (Wildman–Crippen LogP) is 2.20. The standard InChI is InChI=1S/C15H27NO4/c1-11(2)8-12(9-15(18)19)10-16-14(17)6-5-13-4-3-7-20-13/h11-13H,3-10H2,1-2H3,(H,16,17)(H,18,19)/t12-,13?/m0/s1. The molecule has 1 rings (SSSR count). The Balaban J connectivity index is 2.22. The Kier molecular flexibility index (Phi) is 7.59. The summed E-state index contributed by atoms with van der Waals surface area (Å²) in [6.07, 6.45) is 4.52. The van der Waals surface area contributed by atoms with Crippen LogP contribution in [0.1, 0.15) is 52.4 Å². The van der Waals surface area contributed by atoms with E-state index in [2.05, 4.69) is 19.2 Å². The van der Waals surface area contributed by atoms with Crippen LogP contribution in [-0.4, -0.2) is 36.2 Å². The van der Waals surface area contributed by atoms with Gasteiger partial charge in [-0.25, -0.2) is 0 Å². The first-order chi connectivity index (χ1) is 9.47. The highest BCUT2D eigenvalue weighted by atomic mass is 16.5. The number of ether oxygens (including phenoxy) is 1. The van der Waals surface area contributed by atoms with Crippen LogP contribution < -0.4 is 5.32 Å². The molecule has 5 nitrogen and oxygen atoms in total. The van der Waals surface area contributed by atoms with Crippen LogP contribution in [0.3, 0.4) is 0 Å². The molecule has 1 unspecified atom stereocenters. The molecule has 1 amide bonds. The molecule has 1 heterocycles. The van der Waals surface area contributed by atoms with Crippen molar-refractivity contribution >= 4 is 11.9 Å². The molecule has 20 heavy (non-hydrogen) atoms. The lowest BCUT2D eigenvalue weighted by Crippen LogP contribution is -2.31. The highest BCUT2D eigenvalue weighted by Gasteiger charge is 2.18. The van der Waals surface area contributed by atoms with Crippen molar-refractivity contribution in [2.75, 3.05) is 13.2 Å². The molecule has 116 valence electrons. The number of aliphatic carboxylic acids is 1. The fourth-order valence-corrected chi connectivity index (χ4v) is 2.66. The number of rotatable bonds is 9. The molecule has 0 saturated carbocycles. The Hall–Kier alpha value is -1.10. The average molecular weight is 285 g/mol. The molecule has 2 atom stereocenters. The van der Waals surface area contributed by atoms with Gasteiger partial charge in [0.2, 0.25) is 5.91 Å². The summed E-state index contributed by atoms with van der Waals surface area (Å²) in [6.45, 7) is 5.39. The van der Waals surface area contributed by atoms with E-state index in [9.17, 15) is 9.59 Å². The predicted molar refractivity (Wildman–Crippen MR) is 76.4 cm³/mol. The molecule has 1 aliphatic rings. The molecular formula is C15H27NO4. The van der Waals surface area contributed by atoms with Crippen LogP contribution >= 0.6 is 0 Å². The first-order valence-electron chi connectivity index (χ1n) is 7.57. The van der Waals surface area contributed by atoms with E-state index in [0.29, 0.717) is 18.9 Å². The Morgan fingerprint density at radius 1 is 1.40 bits per heavy atom. The zero-order valence-corrected chi connectivity index (χ0v) is 12.6. The molecule has 0 aromatic heterocycles. The van der Waals surface area contributed by atoms with Gasteiger partial charge in [0, 0.05) is 26.0 Å². The van der Waals surface area contributed by atoms with Crippen molar-refractivity contribution in [2.24, 2.45) is 11.8 Å². The number of hydrogen-bond acceptors (Lipinski definition) is 3. The summed E-state index contributed by atoms with van der Waals surface area (Å²) < 4.78 is 5.48. The van der Waals surface area contributed by atoms with Gasteiger partial charge in [0.05, 0.1) is 6.10 Å². The lowest BCUT2D eigenvalue weighted by atomic mass is 9.94. The van der Waals surface area contributed by atoms with E-state index in [4.69, 9.17) is 9.84 Å². The fraction of sp³-hybridized carbons (Fsp3) is 0.867. The van der Waals surface area contributed by atoms with Crippen LogP contribution in [0, 0.1) is 11.8 Å². The normalized spacial score (nSPS) is 20.1. The summed E-state index contributed by atoms with van der Waals surface area (Å²) in [4.78, 5) is 22.6. The number of carboxylic acid groups (broad SMARTS) is 1. The molecule has 1 aliphatic heterocycles. The SMILES string of the molecule is CC(C)C[C@H](CNC(=O)CCC1CCCO1)CC(=O)O. The van der Waals surface area contributed by atoms with Crippen molar-refractivity contribution in [1.29, 1.82) is 0 Å². The molecule has 5 heteroatoms. The third-order valence-corrected chi connectivity index (χ3v) is 3.57. The minimum Gasteiger partial charge on any atom is -0.481 e. The van der Waals surface area contributed by atoms with Gasteiger partial charge in [-0.3, -0.25) is 9.59 Å². The van der Waals surface area contributed by atoms with Crippen LogP contribution in [0.2, 0.25) is 0 Å². The van der Waals surface area contributed by atoms with Gasteiger partial charge < -0.3 is 15.2 Å². The number of carboxylic acids is 1. The van der Waals surface area contributed by atoms with E-state index >= 15 is 0 Å². The van der Waals surface area contributed by atoms with Crippen molar-refractivity contribution in [3.8, 4) is 0 Å². The molecule has 0 radical (unpaired) electrons. The monoisotopic (exact) mass is 285 g/mol. The van der Waals surface area contributed by atoms with Gasteiger partial charge in [-0.1, -0.05) is 13.8 Å². The quantitative estimate of drug-likeness (QED) is 0.681.